The summed E-state index contributed by atoms with van der Waals surface area (Å²) in [6, 6.07) is 55.2. The van der Waals surface area contributed by atoms with Gasteiger partial charge in [-0.15, -0.1) is 0 Å². The molecule has 40 heavy (non-hydrogen) atoms. The Morgan fingerprint density at radius 1 is 0.425 bits per heavy atom. The highest BCUT2D eigenvalue weighted by molar-refractivity contribution is 8.17. The third-order valence-corrected chi connectivity index (χ3v) is 11.0. The third-order valence-electron chi connectivity index (χ3n) is 7.19. The molecule has 1 atom stereocenters. The Hall–Kier alpha value is -3.98. The topological polar surface area (TPSA) is 0 Å². The van der Waals surface area contributed by atoms with Crippen molar-refractivity contribution in [3.05, 3.63) is 163 Å². The molecule has 2 heteroatoms. The first-order valence-electron chi connectivity index (χ1n) is 13.6. The summed E-state index contributed by atoms with van der Waals surface area (Å²) in [6.45, 7) is 4.48. The third kappa shape index (κ3) is 5.79. The Bertz CT molecular complexity index is 1700. The molecule has 0 aliphatic carbocycles. The molecule has 0 fully saturated rings. The Balaban J connectivity index is 1.30. The Morgan fingerprint density at radius 2 is 0.925 bits per heavy atom. The minimum absolute atomic E-state index is 0.675. The van der Waals surface area contributed by atoms with Crippen LogP contribution in [0.25, 0.3) is 22.3 Å². The summed E-state index contributed by atoms with van der Waals surface area (Å²) in [6.07, 6.45) is 0. The van der Waals surface area contributed by atoms with Gasteiger partial charge in [-0.2, -0.15) is 10.9 Å². The largest absolute Gasteiger partial charge is 0.173 e. The van der Waals surface area contributed by atoms with Crippen molar-refractivity contribution in [3.63, 3.8) is 0 Å². The van der Waals surface area contributed by atoms with Crippen LogP contribution >= 0.6 is 22.7 Å². The number of aryl methyl sites for hydroxylation is 2. The van der Waals surface area contributed by atoms with Crippen LogP contribution in [0.3, 0.4) is 0 Å². The maximum Gasteiger partial charge on any atom is 0.0152 e. The Kier molecular flexibility index (Phi) is 7.90. The fourth-order valence-electron chi connectivity index (χ4n) is 5.04. The summed E-state index contributed by atoms with van der Waals surface area (Å²) in [5.74, 6) is 0. The second-order valence-corrected chi connectivity index (χ2v) is 13.3. The molecule has 0 aromatic heterocycles. The molecule has 0 radical (unpaired) electrons. The molecular formula is C38H32S2. The van der Waals surface area contributed by atoms with Crippen LogP contribution in [0.5, 0.6) is 0 Å². The molecule has 0 nitrogen and oxygen atoms in total. The van der Waals surface area contributed by atoms with E-state index in [0.717, 1.165) is 0 Å². The monoisotopic (exact) mass is 552 g/mol. The van der Waals surface area contributed by atoms with Gasteiger partial charge in [-0.25, -0.2) is 0 Å². The van der Waals surface area contributed by atoms with Crippen molar-refractivity contribution in [1.82, 2.24) is 0 Å². The van der Waals surface area contributed by atoms with Gasteiger partial charge in [-0.3, -0.25) is 0 Å². The molecule has 0 saturated heterocycles. The zero-order valence-electron chi connectivity index (χ0n) is 22.8. The normalized spacial score (nSPS) is 12.2. The number of hydrogen-bond donors (Lipinski definition) is 1. The average Bonchev–Trinajstić information content (AvgIpc) is 3.01. The van der Waals surface area contributed by atoms with Crippen LogP contribution in [-0.4, -0.2) is 0 Å². The van der Waals surface area contributed by atoms with Gasteiger partial charge in [0.05, 0.1) is 0 Å². The molecule has 0 aliphatic rings. The van der Waals surface area contributed by atoms with Crippen molar-refractivity contribution in [3.8, 4) is 22.3 Å². The molecule has 6 aromatic rings. The number of rotatable bonds is 7. The van der Waals surface area contributed by atoms with E-state index < -0.39 is 10.9 Å². The summed E-state index contributed by atoms with van der Waals surface area (Å²) < 4.78 is 0. The van der Waals surface area contributed by atoms with Gasteiger partial charge in [0.1, 0.15) is 0 Å². The molecular weight excluding hydrogens is 521 g/mol. The molecule has 0 N–H and O–H groups in total. The lowest BCUT2D eigenvalue weighted by atomic mass is 10.1. The zero-order valence-corrected chi connectivity index (χ0v) is 24.5. The second kappa shape index (κ2) is 12.0. The molecule has 6 aromatic carbocycles. The van der Waals surface area contributed by atoms with E-state index in [1.807, 2.05) is 11.8 Å². The molecule has 0 heterocycles. The fraction of sp³-hybridized carbons (Fsp3) is 0.0526. The van der Waals surface area contributed by atoms with Crippen LogP contribution in [-0.2, 0) is 0 Å². The molecule has 0 aliphatic heterocycles. The predicted molar refractivity (Wildman–Crippen MR) is 174 cm³/mol. The molecule has 0 amide bonds. The summed E-state index contributed by atoms with van der Waals surface area (Å²) in [4.78, 5) is 6.74. The van der Waals surface area contributed by atoms with Gasteiger partial charge >= 0.3 is 0 Å². The molecule has 196 valence electrons. The van der Waals surface area contributed by atoms with Crippen molar-refractivity contribution >= 4 is 22.7 Å². The first-order chi connectivity index (χ1) is 19.7. The number of benzene rings is 6. The fourth-order valence-corrected chi connectivity index (χ4v) is 8.43. The van der Waals surface area contributed by atoms with E-state index in [2.05, 4.69) is 166 Å². The van der Waals surface area contributed by atoms with Gasteiger partial charge in [0, 0.05) is 9.79 Å². The van der Waals surface area contributed by atoms with Gasteiger partial charge in [-0.05, 0) is 110 Å². The highest BCUT2D eigenvalue weighted by Crippen LogP contribution is 2.53. The SMILES string of the molecule is Cc1cc([SH](c2ccc(-c3ccccc3)cc2)c2ccccc2C)ccc1Sc1ccc(-c2ccccc2)cc1. The second-order valence-electron chi connectivity index (χ2n) is 9.98. The minimum Gasteiger partial charge on any atom is -0.173 e. The Labute approximate surface area is 245 Å². The van der Waals surface area contributed by atoms with Crippen molar-refractivity contribution in [2.45, 2.75) is 38.3 Å². The lowest BCUT2D eigenvalue weighted by Gasteiger charge is -2.26. The molecule has 6 rings (SSSR count). The van der Waals surface area contributed by atoms with E-state index >= 15 is 0 Å². The number of thiol groups is 1. The van der Waals surface area contributed by atoms with Gasteiger partial charge in [0.2, 0.25) is 0 Å². The lowest BCUT2D eigenvalue weighted by molar-refractivity contribution is 1.21. The van der Waals surface area contributed by atoms with Crippen LogP contribution < -0.4 is 0 Å². The quantitative estimate of drug-likeness (QED) is 0.192. The highest BCUT2D eigenvalue weighted by atomic mass is 32.2. The minimum atomic E-state index is -0.675. The van der Waals surface area contributed by atoms with Crippen LogP contribution in [0.2, 0.25) is 0 Å². The van der Waals surface area contributed by atoms with Crippen molar-refractivity contribution < 1.29 is 0 Å². The lowest BCUT2D eigenvalue weighted by Crippen LogP contribution is -1.93. The maximum atomic E-state index is 2.41. The van der Waals surface area contributed by atoms with Gasteiger partial charge in [0.15, 0.2) is 0 Å². The van der Waals surface area contributed by atoms with E-state index in [0.29, 0.717) is 0 Å². The standard InChI is InChI=1S/C38H32S2/c1-28-11-9-10-16-38(28)40(35-23-19-33(20-24-35)31-14-7-4-8-15-31)36-25-26-37(29(2)27-36)39-34-21-17-32(18-22-34)30-12-5-3-6-13-30/h3-27,40H,1-2H3. The first kappa shape index (κ1) is 26.3. The van der Waals surface area contributed by atoms with Gasteiger partial charge in [-0.1, -0.05) is 115 Å². The van der Waals surface area contributed by atoms with Crippen molar-refractivity contribution in [2.24, 2.45) is 0 Å². The highest BCUT2D eigenvalue weighted by Gasteiger charge is 2.16. The maximum absolute atomic E-state index is 2.41. The van der Waals surface area contributed by atoms with E-state index in [9.17, 15) is 0 Å². The summed E-state index contributed by atoms with van der Waals surface area (Å²) >= 11 is 1.84. The van der Waals surface area contributed by atoms with Crippen molar-refractivity contribution in [2.75, 3.05) is 0 Å². The summed E-state index contributed by atoms with van der Waals surface area (Å²) in [7, 11) is -0.675. The van der Waals surface area contributed by atoms with Crippen LogP contribution in [0.1, 0.15) is 11.1 Å². The number of hydrogen-bond acceptors (Lipinski definition) is 1. The van der Waals surface area contributed by atoms with E-state index in [1.54, 1.807) is 0 Å². The van der Waals surface area contributed by atoms with Crippen LogP contribution in [0.4, 0.5) is 0 Å². The van der Waals surface area contributed by atoms with E-state index in [1.165, 1.54) is 57.9 Å². The summed E-state index contributed by atoms with van der Waals surface area (Å²) in [5, 5.41) is 0. The molecule has 0 saturated carbocycles. The zero-order chi connectivity index (χ0) is 27.3. The van der Waals surface area contributed by atoms with E-state index in [4.69, 9.17) is 0 Å². The molecule has 1 unspecified atom stereocenters. The first-order valence-corrected chi connectivity index (χ1v) is 15.8. The van der Waals surface area contributed by atoms with Crippen LogP contribution in [0, 0.1) is 13.8 Å². The Morgan fingerprint density at radius 3 is 1.50 bits per heavy atom. The molecule has 0 bridgehead atoms. The van der Waals surface area contributed by atoms with Crippen LogP contribution in [0.15, 0.2) is 176 Å². The summed E-state index contributed by atoms with van der Waals surface area (Å²) in [5.41, 5.74) is 7.67. The van der Waals surface area contributed by atoms with Gasteiger partial charge < -0.3 is 0 Å². The van der Waals surface area contributed by atoms with E-state index in [-0.39, 0.29) is 0 Å². The molecule has 0 spiro atoms. The smallest absolute Gasteiger partial charge is 0.0152 e. The average molecular weight is 553 g/mol. The van der Waals surface area contributed by atoms with Crippen molar-refractivity contribution in [1.29, 1.82) is 0 Å². The predicted octanol–water partition coefficient (Wildman–Crippen LogP) is 11.3. The van der Waals surface area contributed by atoms with Gasteiger partial charge in [0.25, 0.3) is 0 Å².